The SMILES string of the molecule is CC1(C)Cc2cccc(OCC(NC3CC3)C(N)=O)c2O1. The molecule has 1 atom stereocenters. The molecule has 0 saturated heterocycles. The predicted octanol–water partition coefficient (Wildman–Crippen LogP) is 1.38. The lowest BCUT2D eigenvalue weighted by atomic mass is 10.0. The lowest BCUT2D eigenvalue weighted by molar-refractivity contribution is -0.120. The molecule has 0 spiro atoms. The highest BCUT2D eigenvalue weighted by atomic mass is 16.5. The quantitative estimate of drug-likeness (QED) is 0.830. The number of rotatable bonds is 6. The number of amides is 1. The van der Waals surface area contributed by atoms with Crippen LogP contribution >= 0.6 is 0 Å². The summed E-state index contributed by atoms with van der Waals surface area (Å²) in [6.45, 7) is 4.33. The van der Waals surface area contributed by atoms with Crippen LogP contribution in [0.1, 0.15) is 32.3 Å². The normalized spacial score (nSPS) is 20.5. The highest BCUT2D eigenvalue weighted by Crippen LogP contribution is 2.41. The van der Waals surface area contributed by atoms with Crippen LogP contribution in [0.5, 0.6) is 11.5 Å². The van der Waals surface area contributed by atoms with Crippen LogP contribution in [0.25, 0.3) is 0 Å². The summed E-state index contributed by atoms with van der Waals surface area (Å²) in [7, 11) is 0. The van der Waals surface area contributed by atoms with Crippen LogP contribution in [0, 0.1) is 0 Å². The van der Waals surface area contributed by atoms with Gasteiger partial charge < -0.3 is 20.5 Å². The maximum absolute atomic E-state index is 11.5. The van der Waals surface area contributed by atoms with Gasteiger partial charge in [0.1, 0.15) is 18.2 Å². The topological polar surface area (TPSA) is 73.6 Å². The molecule has 5 nitrogen and oxygen atoms in total. The molecule has 1 heterocycles. The van der Waals surface area contributed by atoms with Crippen LogP contribution in [-0.2, 0) is 11.2 Å². The van der Waals surface area contributed by atoms with Crippen molar-refractivity contribution >= 4 is 5.91 Å². The third kappa shape index (κ3) is 3.29. The van der Waals surface area contributed by atoms with Gasteiger partial charge in [-0.1, -0.05) is 12.1 Å². The minimum atomic E-state index is -0.456. The van der Waals surface area contributed by atoms with Gasteiger partial charge in [0, 0.05) is 18.0 Å². The van der Waals surface area contributed by atoms with Gasteiger partial charge in [0.05, 0.1) is 0 Å². The van der Waals surface area contributed by atoms with E-state index in [1.54, 1.807) is 0 Å². The number of hydrogen-bond donors (Lipinski definition) is 2. The zero-order valence-corrected chi connectivity index (χ0v) is 12.5. The minimum absolute atomic E-state index is 0.211. The van der Waals surface area contributed by atoms with E-state index in [1.165, 1.54) is 0 Å². The minimum Gasteiger partial charge on any atom is -0.488 e. The van der Waals surface area contributed by atoms with E-state index in [9.17, 15) is 4.79 Å². The van der Waals surface area contributed by atoms with Gasteiger partial charge in [-0.25, -0.2) is 0 Å². The number of ether oxygens (including phenoxy) is 2. The number of hydrogen-bond acceptors (Lipinski definition) is 4. The Bertz CT molecular complexity index is 552. The molecule has 0 aromatic heterocycles. The van der Waals surface area contributed by atoms with Crippen LogP contribution in [0.15, 0.2) is 18.2 Å². The Kier molecular flexibility index (Phi) is 3.53. The number of benzene rings is 1. The van der Waals surface area contributed by atoms with Gasteiger partial charge >= 0.3 is 0 Å². The Labute approximate surface area is 124 Å². The molecule has 1 fully saturated rings. The largest absolute Gasteiger partial charge is 0.488 e. The maximum atomic E-state index is 11.5. The van der Waals surface area contributed by atoms with Crippen LogP contribution in [-0.4, -0.2) is 30.2 Å². The van der Waals surface area contributed by atoms with Gasteiger partial charge in [-0.2, -0.15) is 0 Å². The molecule has 1 aromatic rings. The van der Waals surface area contributed by atoms with Crippen molar-refractivity contribution < 1.29 is 14.3 Å². The first-order valence-corrected chi connectivity index (χ1v) is 7.44. The third-order valence-corrected chi connectivity index (χ3v) is 3.82. The molecule has 0 radical (unpaired) electrons. The van der Waals surface area contributed by atoms with Gasteiger partial charge in [-0.3, -0.25) is 4.79 Å². The van der Waals surface area contributed by atoms with E-state index in [4.69, 9.17) is 15.2 Å². The molecule has 1 aromatic carbocycles. The van der Waals surface area contributed by atoms with E-state index in [2.05, 4.69) is 19.2 Å². The fourth-order valence-corrected chi connectivity index (χ4v) is 2.62. The Morgan fingerprint density at radius 2 is 2.29 bits per heavy atom. The van der Waals surface area contributed by atoms with Crippen molar-refractivity contribution in [1.29, 1.82) is 0 Å². The molecule has 1 saturated carbocycles. The highest BCUT2D eigenvalue weighted by molar-refractivity contribution is 5.80. The van der Waals surface area contributed by atoms with Crippen molar-refractivity contribution in [3.8, 4) is 11.5 Å². The number of para-hydroxylation sites is 1. The summed E-state index contributed by atoms with van der Waals surface area (Å²) >= 11 is 0. The number of nitrogens with two attached hydrogens (primary N) is 1. The predicted molar refractivity (Wildman–Crippen MR) is 79.5 cm³/mol. The summed E-state index contributed by atoms with van der Waals surface area (Å²) in [6.07, 6.45) is 3.06. The summed E-state index contributed by atoms with van der Waals surface area (Å²) in [5.74, 6) is 1.09. The van der Waals surface area contributed by atoms with Crippen molar-refractivity contribution in [3.63, 3.8) is 0 Å². The molecule has 1 amide bonds. The van der Waals surface area contributed by atoms with Crippen molar-refractivity contribution in [3.05, 3.63) is 23.8 Å². The van der Waals surface area contributed by atoms with Crippen molar-refractivity contribution in [2.45, 2.75) is 50.8 Å². The standard InChI is InChI=1S/C16H22N2O3/c1-16(2)8-10-4-3-5-13(14(10)21-16)20-9-12(15(17)19)18-11-6-7-11/h3-5,11-12,18H,6-9H2,1-2H3,(H2,17,19). The fourth-order valence-electron chi connectivity index (χ4n) is 2.62. The highest BCUT2D eigenvalue weighted by Gasteiger charge is 2.33. The number of carbonyl (C=O) groups is 1. The molecule has 21 heavy (non-hydrogen) atoms. The first kappa shape index (κ1) is 14.2. The summed E-state index contributed by atoms with van der Waals surface area (Å²) in [5.41, 5.74) is 6.35. The maximum Gasteiger partial charge on any atom is 0.238 e. The molecule has 3 rings (SSSR count). The summed E-state index contributed by atoms with van der Waals surface area (Å²) < 4.78 is 11.8. The monoisotopic (exact) mass is 290 g/mol. The Balaban J connectivity index is 1.68. The molecule has 1 aliphatic heterocycles. The van der Waals surface area contributed by atoms with Gasteiger partial charge in [0.25, 0.3) is 0 Å². The molecule has 1 unspecified atom stereocenters. The molecule has 5 heteroatoms. The van der Waals surface area contributed by atoms with E-state index < -0.39 is 6.04 Å². The number of primary amides is 1. The second kappa shape index (κ2) is 5.22. The molecule has 3 N–H and O–H groups in total. The van der Waals surface area contributed by atoms with Crippen molar-refractivity contribution in [2.24, 2.45) is 5.73 Å². The second-order valence-corrected chi connectivity index (χ2v) is 6.49. The Morgan fingerprint density at radius 1 is 1.52 bits per heavy atom. The zero-order chi connectivity index (χ0) is 15.0. The average Bonchev–Trinajstić information content (AvgIpc) is 3.15. The fraction of sp³-hybridized carbons (Fsp3) is 0.562. The summed E-state index contributed by atoms with van der Waals surface area (Å²) in [5, 5.41) is 3.20. The van der Waals surface area contributed by atoms with Gasteiger partial charge in [-0.15, -0.1) is 0 Å². The zero-order valence-electron chi connectivity index (χ0n) is 12.5. The van der Waals surface area contributed by atoms with E-state index in [-0.39, 0.29) is 18.1 Å². The summed E-state index contributed by atoms with van der Waals surface area (Å²) in [6, 6.07) is 5.82. The second-order valence-electron chi connectivity index (χ2n) is 6.49. The van der Waals surface area contributed by atoms with E-state index in [0.717, 1.165) is 30.6 Å². The van der Waals surface area contributed by atoms with Gasteiger partial charge in [-0.05, 0) is 32.8 Å². The smallest absolute Gasteiger partial charge is 0.238 e. The molecular weight excluding hydrogens is 268 g/mol. The van der Waals surface area contributed by atoms with Gasteiger partial charge in [0.15, 0.2) is 11.5 Å². The van der Waals surface area contributed by atoms with Gasteiger partial charge in [0.2, 0.25) is 5.91 Å². The lowest BCUT2D eigenvalue weighted by Gasteiger charge is -2.20. The van der Waals surface area contributed by atoms with E-state index in [1.807, 2.05) is 18.2 Å². The van der Waals surface area contributed by atoms with Crippen LogP contribution in [0.4, 0.5) is 0 Å². The van der Waals surface area contributed by atoms with Crippen molar-refractivity contribution in [2.75, 3.05) is 6.61 Å². The molecule has 0 bridgehead atoms. The third-order valence-electron chi connectivity index (χ3n) is 3.82. The molecular formula is C16H22N2O3. The summed E-state index contributed by atoms with van der Waals surface area (Å²) in [4.78, 5) is 11.5. The number of carbonyl (C=O) groups excluding carboxylic acids is 1. The molecule has 2 aliphatic rings. The number of fused-ring (bicyclic) bond motifs is 1. The lowest BCUT2D eigenvalue weighted by Crippen LogP contribution is -2.46. The van der Waals surface area contributed by atoms with Crippen LogP contribution in [0.3, 0.4) is 0 Å². The first-order chi connectivity index (χ1) is 9.94. The van der Waals surface area contributed by atoms with Crippen LogP contribution in [0.2, 0.25) is 0 Å². The molecule has 114 valence electrons. The first-order valence-electron chi connectivity index (χ1n) is 7.44. The number of nitrogens with one attached hydrogen (secondary N) is 1. The van der Waals surface area contributed by atoms with Crippen molar-refractivity contribution in [1.82, 2.24) is 5.32 Å². The Morgan fingerprint density at radius 3 is 2.95 bits per heavy atom. The molecule has 1 aliphatic carbocycles. The Hall–Kier alpha value is -1.75. The van der Waals surface area contributed by atoms with E-state index in [0.29, 0.717) is 11.8 Å². The average molecular weight is 290 g/mol. The van der Waals surface area contributed by atoms with E-state index >= 15 is 0 Å². The van der Waals surface area contributed by atoms with Crippen LogP contribution < -0.4 is 20.5 Å².